The lowest BCUT2D eigenvalue weighted by molar-refractivity contribution is -0.168. The van der Waals surface area contributed by atoms with Gasteiger partial charge in [0.15, 0.2) is 5.78 Å². The highest BCUT2D eigenvalue weighted by Gasteiger charge is 2.48. The number of hydrogen-bond donors (Lipinski definition) is 0. The summed E-state index contributed by atoms with van der Waals surface area (Å²) >= 11 is 6.37. The van der Waals surface area contributed by atoms with E-state index in [1.165, 1.54) is 25.8 Å². The zero-order chi connectivity index (χ0) is 21.6. The molecule has 1 aliphatic rings. The number of nitrogens with zero attached hydrogens (tertiary/aromatic N) is 1. The van der Waals surface area contributed by atoms with Crippen molar-refractivity contribution in [2.45, 2.75) is 64.2 Å². The van der Waals surface area contributed by atoms with Crippen molar-refractivity contribution in [1.82, 2.24) is 4.90 Å². The Hall–Kier alpha value is -2.41. The highest BCUT2D eigenvalue weighted by atomic mass is 35.5. The lowest BCUT2D eigenvalue weighted by Crippen LogP contribution is -2.54. The number of ketones is 2. The molecule has 158 valence electrons. The molecule has 0 N–H and O–H groups in total. The molecule has 1 aromatic rings. The van der Waals surface area contributed by atoms with Crippen LogP contribution in [0.1, 0.15) is 57.9 Å². The van der Waals surface area contributed by atoms with E-state index in [0.29, 0.717) is 23.4 Å². The summed E-state index contributed by atoms with van der Waals surface area (Å²) in [6.45, 7) is 2.78. The summed E-state index contributed by atoms with van der Waals surface area (Å²) in [6, 6.07) is 6.94. The third kappa shape index (κ3) is 5.35. The van der Waals surface area contributed by atoms with Crippen LogP contribution in [0.3, 0.4) is 0 Å². The summed E-state index contributed by atoms with van der Waals surface area (Å²) in [5.74, 6) is -0.885. The van der Waals surface area contributed by atoms with Gasteiger partial charge in [-0.2, -0.15) is 0 Å². The van der Waals surface area contributed by atoms with Crippen LogP contribution in [0.25, 0.3) is 0 Å². The van der Waals surface area contributed by atoms with Crippen LogP contribution in [-0.4, -0.2) is 41.9 Å². The quantitative estimate of drug-likeness (QED) is 0.486. The molecule has 2 atom stereocenters. The number of rotatable bonds is 7. The lowest BCUT2D eigenvalue weighted by Gasteiger charge is -2.43. The first-order valence-corrected chi connectivity index (χ1v) is 9.98. The van der Waals surface area contributed by atoms with Crippen LogP contribution in [0.15, 0.2) is 24.3 Å². The van der Waals surface area contributed by atoms with Crippen LogP contribution < -0.4 is 0 Å². The Morgan fingerprint density at radius 3 is 2.48 bits per heavy atom. The Bertz CT molecular complexity index is 795. The second kappa shape index (κ2) is 9.87. The van der Waals surface area contributed by atoms with Crippen LogP contribution in [0, 0.1) is 0 Å². The zero-order valence-corrected chi connectivity index (χ0v) is 17.7. The van der Waals surface area contributed by atoms with E-state index in [0.717, 1.165) is 12.8 Å². The number of esters is 1. The summed E-state index contributed by atoms with van der Waals surface area (Å²) in [4.78, 5) is 49.7. The zero-order valence-electron chi connectivity index (χ0n) is 16.9. The molecule has 2 rings (SSSR count). The number of likely N-dealkylation sites (N-methyl/N-ethyl adjacent to an activating group) is 1. The van der Waals surface area contributed by atoms with Gasteiger partial charge >= 0.3 is 12.1 Å². The number of carbonyl (C=O) groups excluding carboxylic acids is 4. The molecule has 0 aliphatic heterocycles. The third-order valence-corrected chi connectivity index (χ3v) is 5.39. The van der Waals surface area contributed by atoms with Gasteiger partial charge in [-0.25, -0.2) is 4.79 Å². The van der Waals surface area contributed by atoms with E-state index < -0.39 is 23.9 Å². The van der Waals surface area contributed by atoms with Gasteiger partial charge in [0.2, 0.25) is 6.29 Å². The Balaban J connectivity index is 2.17. The lowest BCUT2D eigenvalue weighted by atomic mass is 9.74. The van der Waals surface area contributed by atoms with Gasteiger partial charge in [0.25, 0.3) is 0 Å². The minimum atomic E-state index is -1.23. The topological polar surface area (TPSA) is 90.0 Å². The number of benzene rings is 1. The maximum absolute atomic E-state index is 13.0. The molecule has 1 unspecified atom stereocenters. The molecule has 1 aromatic carbocycles. The molecule has 0 radical (unpaired) electrons. The fourth-order valence-corrected chi connectivity index (χ4v) is 3.84. The molecule has 1 fully saturated rings. The molecule has 1 amide bonds. The predicted molar refractivity (Wildman–Crippen MR) is 106 cm³/mol. The average molecular weight is 424 g/mol. The van der Waals surface area contributed by atoms with Gasteiger partial charge in [0.1, 0.15) is 11.3 Å². The number of Topliss-reactive ketones (excluding diaryl/α,β-unsaturated/α-hetero) is 2. The smallest absolute Gasteiger partial charge is 0.413 e. The normalized spacial score (nSPS) is 19.9. The van der Waals surface area contributed by atoms with Gasteiger partial charge < -0.3 is 14.3 Å². The van der Waals surface area contributed by atoms with Gasteiger partial charge in [-0.1, -0.05) is 29.8 Å². The van der Waals surface area contributed by atoms with Crippen LogP contribution in [0.4, 0.5) is 4.79 Å². The van der Waals surface area contributed by atoms with Crippen molar-refractivity contribution in [3.63, 3.8) is 0 Å². The van der Waals surface area contributed by atoms with Gasteiger partial charge in [0, 0.05) is 37.4 Å². The van der Waals surface area contributed by atoms with E-state index in [4.69, 9.17) is 21.1 Å². The van der Waals surface area contributed by atoms with Crippen LogP contribution in [0.2, 0.25) is 5.02 Å². The van der Waals surface area contributed by atoms with Gasteiger partial charge in [-0.3, -0.25) is 14.5 Å². The van der Waals surface area contributed by atoms with Crippen molar-refractivity contribution < 1.29 is 28.7 Å². The summed E-state index contributed by atoms with van der Waals surface area (Å²) in [7, 11) is 1.49. The summed E-state index contributed by atoms with van der Waals surface area (Å²) in [6.07, 6.45) is 0.270. The standard InChI is InChI=1S/C21H26ClNO6/c1-14(24)11-12-19(26)28-15(2)29-20(27)23(3)21(13-7-6-10-18(21)25)16-8-4-5-9-17(16)22/h4-5,8-9,15H,6-7,10-13H2,1-3H3/t15?,21-/m1/s1. The van der Waals surface area contributed by atoms with E-state index in [9.17, 15) is 19.2 Å². The highest BCUT2D eigenvalue weighted by molar-refractivity contribution is 6.31. The first-order valence-electron chi connectivity index (χ1n) is 9.60. The monoisotopic (exact) mass is 423 g/mol. The molecule has 0 bridgehead atoms. The van der Waals surface area contributed by atoms with Crippen molar-refractivity contribution in [2.24, 2.45) is 0 Å². The summed E-state index contributed by atoms with van der Waals surface area (Å²) < 4.78 is 10.3. The van der Waals surface area contributed by atoms with Crippen LogP contribution in [0.5, 0.6) is 0 Å². The minimum Gasteiger partial charge on any atom is -0.425 e. The molecule has 1 aliphatic carbocycles. The summed E-state index contributed by atoms with van der Waals surface area (Å²) in [5, 5.41) is 0.395. The minimum absolute atomic E-state index is 0.0590. The van der Waals surface area contributed by atoms with Gasteiger partial charge in [-0.05, 0) is 32.3 Å². The molecule has 7 nitrogen and oxygen atoms in total. The SMILES string of the molecule is CC(=O)CCC(=O)OC(C)OC(=O)N(C)[C@@]1(c2ccccc2Cl)CCCCC1=O. The Labute approximate surface area is 175 Å². The third-order valence-electron chi connectivity index (χ3n) is 5.06. The Morgan fingerprint density at radius 1 is 1.17 bits per heavy atom. The molecule has 0 aromatic heterocycles. The maximum atomic E-state index is 13.0. The average Bonchev–Trinajstić information content (AvgIpc) is 2.67. The molecule has 0 saturated heterocycles. The fourth-order valence-electron chi connectivity index (χ4n) is 3.55. The number of carbonyl (C=O) groups is 4. The number of hydrogen-bond acceptors (Lipinski definition) is 6. The molecule has 29 heavy (non-hydrogen) atoms. The molecular formula is C21H26ClNO6. The number of amides is 1. The van der Waals surface area contributed by atoms with Crippen molar-refractivity contribution in [2.75, 3.05) is 7.05 Å². The molecule has 0 heterocycles. The second-order valence-electron chi connectivity index (χ2n) is 7.17. The van der Waals surface area contributed by atoms with E-state index in [1.54, 1.807) is 24.3 Å². The van der Waals surface area contributed by atoms with E-state index >= 15 is 0 Å². The van der Waals surface area contributed by atoms with Gasteiger partial charge in [0.05, 0.1) is 6.42 Å². The van der Waals surface area contributed by atoms with Crippen molar-refractivity contribution >= 4 is 35.2 Å². The predicted octanol–water partition coefficient (Wildman–Crippen LogP) is 4.01. The van der Waals surface area contributed by atoms with Crippen molar-refractivity contribution in [1.29, 1.82) is 0 Å². The Kier molecular flexibility index (Phi) is 7.79. The Morgan fingerprint density at radius 2 is 1.86 bits per heavy atom. The number of ether oxygens (including phenoxy) is 2. The highest BCUT2D eigenvalue weighted by Crippen LogP contribution is 2.42. The second-order valence-corrected chi connectivity index (χ2v) is 7.58. The fraction of sp³-hybridized carbons (Fsp3) is 0.524. The maximum Gasteiger partial charge on any atom is 0.413 e. The van der Waals surface area contributed by atoms with Crippen molar-refractivity contribution in [3.05, 3.63) is 34.9 Å². The molecular weight excluding hydrogens is 398 g/mol. The molecule has 8 heteroatoms. The first-order chi connectivity index (χ1) is 13.7. The van der Waals surface area contributed by atoms with Gasteiger partial charge in [-0.15, -0.1) is 0 Å². The first kappa shape index (κ1) is 22.9. The van der Waals surface area contributed by atoms with E-state index in [2.05, 4.69) is 0 Å². The van der Waals surface area contributed by atoms with Crippen LogP contribution in [-0.2, 0) is 29.4 Å². The molecule has 0 spiro atoms. The summed E-state index contributed by atoms with van der Waals surface area (Å²) in [5.41, 5.74) is -0.677. The van der Waals surface area contributed by atoms with E-state index in [1.807, 2.05) is 0 Å². The van der Waals surface area contributed by atoms with Crippen molar-refractivity contribution in [3.8, 4) is 0 Å². The van der Waals surface area contributed by atoms with Crippen LogP contribution >= 0.6 is 11.6 Å². The largest absolute Gasteiger partial charge is 0.425 e. The number of halogens is 1. The van der Waals surface area contributed by atoms with E-state index in [-0.39, 0.29) is 24.4 Å². The molecule has 1 saturated carbocycles.